The Morgan fingerprint density at radius 2 is 1.74 bits per heavy atom. The van der Waals surface area contributed by atoms with Gasteiger partial charge in [-0.1, -0.05) is 30.3 Å². The Morgan fingerprint density at radius 1 is 1.05 bits per heavy atom. The molecule has 0 aliphatic heterocycles. The van der Waals surface area contributed by atoms with Crippen molar-refractivity contribution in [3.63, 3.8) is 0 Å². The third-order valence-corrected chi connectivity index (χ3v) is 2.69. The van der Waals surface area contributed by atoms with Crippen LogP contribution in [0.1, 0.15) is 15.9 Å². The molecule has 4 nitrogen and oxygen atoms in total. The van der Waals surface area contributed by atoms with Crippen molar-refractivity contribution in [2.75, 3.05) is 7.11 Å². The van der Waals surface area contributed by atoms with E-state index in [2.05, 4.69) is 10.9 Å². The summed E-state index contributed by atoms with van der Waals surface area (Å²) in [5, 5.41) is 0. The van der Waals surface area contributed by atoms with Crippen LogP contribution in [0, 0.1) is 0 Å². The molecule has 0 saturated carbocycles. The largest absolute Gasteiger partial charge is 0.497 e. The molecular formula is C15H16N2O2. The van der Waals surface area contributed by atoms with E-state index in [1.165, 1.54) is 0 Å². The molecule has 98 valence electrons. The standard InChI is InChI=1S/C15H16N2O2/c1-19-14-9-7-13(8-10-14)15(18)17-16-11-12-5-3-2-4-6-12/h2-10,16H,11H2,1H3,(H,17,18). The van der Waals surface area contributed by atoms with E-state index >= 15 is 0 Å². The first-order chi connectivity index (χ1) is 9.29. The smallest absolute Gasteiger partial charge is 0.265 e. The van der Waals surface area contributed by atoms with E-state index in [0.29, 0.717) is 12.1 Å². The van der Waals surface area contributed by atoms with Crippen molar-refractivity contribution in [2.45, 2.75) is 6.54 Å². The minimum absolute atomic E-state index is 0.168. The minimum atomic E-state index is -0.168. The number of hydrogen-bond acceptors (Lipinski definition) is 3. The van der Waals surface area contributed by atoms with Gasteiger partial charge in [0.15, 0.2) is 0 Å². The molecule has 0 unspecified atom stereocenters. The van der Waals surface area contributed by atoms with Crippen molar-refractivity contribution in [3.8, 4) is 5.75 Å². The second-order valence-corrected chi connectivity index (χ2v) is 4.02. The molecule has 4 heteroatoms. The number of benzene rings is 2. The molecule has 0 heterocycles. The maximum absolute atomic E-state index is 11.8. The Kier molecular flexibility index (Phi) is 4.53. The topological polar surface area (TPSA) is 50.4 Å². The van der Waals surface area contributed by atoms with Gasteiger partial charge >= 0.3 is 0 Å². The molecule has 19 heavy (non-hydrogen) atoms. The van der Waals surface area contributed by atoms with E-state index in [1.54, 1.807) is 31.4 Å². The number of rotatable bonds is 5. The molecule has 0 aliphatic carbocycles. The number of ether oxygens (including phenoxy) is 1. The highest BCUT2D eigenvalue weighted by molar-refractivity contribution is 5.93. The third kappa shape index (κ3) is 3.82. The lowest BCUT2D eigenvalue weighted by Gasteiger charge is -2.07. The van der Waals surface area contributed by atoms with Gasteiger partial charge in [0.1, 0.15) is 5.75 Å². The average molecular weight is 256 g/mol. The fraction of sp³-hybridized carbons (Fsp3) is 0.133. The van der Waals surface area contributed by atoms with Gasteiger partial charge in [-0.05, 0) is 29.8 Å². The number of nitrogens with one attached hydrogen (secondary N) is 2. The van der Waals surface area contributed by atoms with Crippen LogP contribution in [0.25, 0.3) is 0 Å². The molecular weight excluding hydrogens is 240 g/mol. The number of hydrazine groups is 1. The molecule has 0 atom stereocenters. The Bertz CT molecular complexity index is 524. The SMILES string of the molecule is COc1ccc(C(=O)NNCc2ccccc2)cc1. The highest BCUT2D eigenvalue weighted by Crippen LogP contribution is 2.10. The summed E-state index contributed by atoms with van der Waals surface area (Å²) in [5.74, 6) is 0.562. The molecule has 0 radical (unpaired) electrons. The zero-order valence-electron chi connectivity index (χ0n) is 10.7. The maximum Gasteiger partial charge on any atom is 0.265 e. The van der Waals surface area contributed by atoms with Crippen molar-refractivity contribution < 1.29 is 9.53 Å². The van der Waals surface area contributed by atoms with Gasteiger partial charge in [0.05, 0.1) is 7.11 Å². The van der Waals surface area contributed by atoms with Gasteiger partial charge in [0, 0.05) is 12.1 Å². The summed E-state index contributed by atoms with van der Waals surface area (Å²) in [7, 11) is 1.59. The van der Waals surface area contributed by atoms with Gasteiger partial charge in [0.2, 0.25) is 0 Å². The van der Waals surface area contributed by atoms with E-state index in [0.717, 1.165) is 11.3 Å². The van der Waals surface area contributed by atoms with Crippen LogP contribution in [0.4, 0.5) is 0 Å². The van der Waals surface area contributed by atoms with Gasteiger partial charge in [-0.2, -0.15) is 0 Å². The summed E-state index contributed by atoms with van der Waals surface area (Å²) in [6, 6.07) is 16.8. The van der Waals surface area contributed by atoms with Crippen LogP contribution in [-0.4, -0.2) is 13.0 Å². The second-order valence-electron chi connectivity index (χ2n) is 4.02. The quantitative estimate of drug-likeness (QED) is 0.806. The fourth-order valence-electron chi connectivity index (χ4n) is 1.64. The molecule has 0 aliphatic rings. The highest BCUT2D eigenvalue weighted by Gasteiger charge is 2.04. The average Bonchev–Trinajstić information content (AvgIpc) is 2.48. The summed E-state index contributed by atoms with van der Waals surface area (Å²) < 4.78 is 5.04. The summed E-state index contributed by atoms with van der Waals surface area (Å²) in [6.45, 7) is 0.586. The Morgan fingerprint density at radius 3 is 2.37 bits per heavy atom. The second kappa shape index (κ2) is 6.56. The number of amides is 1. The molecule has 0 spiro atoms. The van der Waals surface area contributed by atoms with Gasteiger partial charge < -0.3 is 4.74 Å². The normalized spacial score (nSPS) is 9.95. The number of carbonyl (C=O) groups is 1. The third-order valence-electron chi connectivity index (χ3n) is 2.69. The first kappa shape index (κ1) is 13.1. The molecule has 2 aromatic carbocycles. The van der Waals surface area contributed by atoms with Crippen molar-refractivity contribution in [3.05, 3.63) is 65.7 Å². The van der Waals surface area contributed by atoms with E-state index in [4.69, 9.17) is 4.74 Å². The minimum Gasteiger partial charge on any atom is -0.497 e. The van der Waals surface area contributed by atoms with Crippen LogP contribution >= 0.6 is 0 Å². The van der Waals surface area contributed by atoms with Crippen LogP contribution < -0.4 is 15.6 Å². The number of methoxy groups -OCH3 is 1. The Labute approximate surface area is 112 Å². The van der Waals surface area contributed by atoms with E-state index in [-0.39, 0.29) is 5.91 Å². The number of carbonyl (C=O) groups excluding carboxylic acids is 1. The Hall–Kier alpha value is -2.33. The lowest BCUT2D eigenvalue weighted by molar-refractivity contribution is 0.0932. The molecule has 0 bridgehead atoms. The first-order valence-corrected chi connectivity index (χ1v) is 6.01. The van der Waals surface area contributed by atoms with Crippen molar-refractivity contribution in [2.24, 2.45) is 0 Å². The molecule has 0 saturated heterocycles. The zero-order valence-corrected chi connectivity index (χ0v) is 10.7. The van der Waals surface area contributed by atoms with Crippen molar-refractivity contribution in [1.82, 2.24) is 10.9 Å². The first-order valence-electron chi connectivity index (χ1n) is 6.01. The summed E-state index contributed by atoms with van der Waals surface area (Å²) >= 11 is 0. The van der Waals surface area contributed by atoms with Crippen molar-refractivity contribution >= 4 is 5.91 Å². The lowest BCUT2D eigenvalue weighted by atomic mass is 10.2. The summed E-state index contributed by atoms with van der Waals surface area (Å²) in [6.07, 6.45) is 0. The van der Waals surface area contributed by atoms with Crippen LogP contribution in [0.5, 0.6) is 5.75 Å². The molecule has 0 fully saturated rings. The van der Waals surface area contributed by atoms with E-state index in [1.807, 2.05) is 30.3 Å². The monoisotopic (exact) mass is 256 g/mol. The van der Waals surface area contributed by atoms with Gasteiger partial charge in [-0.15, -0.1) is 0 Å². The Balaban J connectivity index is 1.84. The van der Waals surface area contributed by atoms with Crippen LogP contribution in [0.15, 0.2) is 54.6 Å². The van der Waals surface area contributed by atoms with Gasteiger partial charge in [-0.3, -0.25) is 10.2 Å². The van der Waals surface area contributed by atoms with Crippen LogP contribution in [-0.2, 0) is 6.54 Å². The zero-order chi connectivity index (χ0) is 13.5. The summed E-state index contributed by atoms with van der Waals surface area (Å²) in [5.41, 5.74) is 7.25. The van der Waals surface area contributed by atoms with Gasteiger partial charge in [0.25, 0.3) is 5.91 Å². The predicted octanol–water partition coefficient (Wildman–Crippen LogP) is 2.13. The molecule has 2 N–H and O–H groups in total. The molecule has 2 aromatic rings. The summed E-state index contributed by atoms with van der Waals surface area (Å²) in [4.78, 5) is 11.8. The predicted molar refractivity (Wildman–Crippen MR) is 73.7 cm³/mol. The van der Waals surface area contributed by atoms with E-state index in [9.17, 15) is 4.79 Å². The van der Waals surface area contributed by atoms with E-state index < -0.39 is 0 Å². The van der Waals surface area contributed by atoms with Gasteiger partial charge in [-0.25, -0.2) is 5.43 Å². The maximum atomic E-state index is 11.8. The van der Waals surface area contributed by atoms with Crippen molar-refractivity contribution in [1.29, 1.82) is 0 Å². The van der Waals surface area contributed by atoms with Crippen LogP contribution in [0.2, 0.25) is 0 Å². The van der Waals surface area contributed by atoms with Crippen LogP contribution in [0.3, 0.4) is 0 Å². The fourth-order valence-corrected chi connectivity index (χ4v) is 1.64. The number of hydrogen-bond donors (Lipinski definition) is 2. The molecule has 1 amide bonds. The molecule has 0 aromatic heterocycles. The highest BCUT2D eigenvalue weighted by atomic mass is 16.5. The molecule has 2 rings (SSSR count). The lowest BCUT2D eigenvalue weighted by Crippen LogP contribution is -2.36.